The van der Waals surface area contributed by atoms with Crippen LogP contribution < -0.4 is 9.50 Å². The number of hydrogen-bond donors (Lipinski definition) is 1. The number of nitrogens with zero attached hydrogens (tertiary/aromatic N) is 4. The van der Waals surface area contributed by atoms with Crippen molar-refractivity contribution in [1.82, 2.24) is 19.7 Å². The number of nitrogens with one attached hydrogen (secondary N) is 1. The van der Waals surface area contributed by atoms with E-state index < -0.39 is 10.5 Å². The van der Waals surface area contributed by atoms with E-state index in [0.717, 1.165) is 6.42 Å². The van der Waals surface area contributed by atoms with Gasteiger partial charge in [-0.05, 0) is 30.7 Å². The molecule has 0 bridgehead atoms. The van der Waals surface area contributed by atoms with Crippen LogP contribution in [0.4, 0.5) is 14.4 Å². The van der Waals surface area contributed by atoms with Crippen LogP contribution in [-0.2, 0) is 10.5 Å². The van der Waals surface area contributed by atoms with Gasteiger partial charge < -0.3 is 14.4 Å². The molecule has 24 heavy (non-hydrogen) atoms. The molecule has 0 saturated carbocycles. The lowest BCUT2D eigenvalue weighted by molar-refractivity contribution is 0.220. The molecule has 1 atom stereocenters. The second-order valence-electron chi connectivity index (χ2n) is 5.19. The predicted octanol–water partition coefficient (Wildman–Crippen LogP) is 1.35. The Kier molecular flexibility index (Phi) is 4.34. The van der Waals surface area contributed by atoms with Crippen molar-refractivity contribution in [2.45, 2.75) is 12.5 Å². The SMILES string of the molecule is O=C(Nc1ccc(OS(=O)(=O)F)cc1)N1CCC(n2cncn2)C1. The summed E-state index contributed by atoms with van der Waals surface area (Å²) < 4.78 is 39.0. The van der Waals surface area contributed by atoms with Gasteiger partial charge in [0, 0.05) is 18.8 Å². The molecule has 0 spiro atoms. The van der Waals surface area contributed by atoms with Gasteiger partial charge in [0.15, 0.2) is 0 Å². The monoisotopic (exact) mass is 355 g/mol. The summed E-state index contributed by atoms with van der Waals surface area (Å²) in [4.78, 5) is 17.8. The maximum Gasteiger partial charge on any atom is 0.488 e. The summed E-state index contributed by atoms with van der Waals surface area (Å²) in [6.07, 6.45) is 3.84. The number of urea groups is 1. The summed E-state index contributed by atoms with van der Waals surface area (Å²) in [6.45, 7) is 1.09. The molecule has 128 valence electrons. The van der Waals surface area contributed by atoms with Crippen LogP contribution in [0.3, 0.4) is 0 Å². The van der Waals surface area contributed by atoms with E-state index in [9.17, 15) is 17.1 Å². The average Bonchev–Trinajstić information content (AvgIpc) is 3.18. The van der Waals surface area contributed by atoms with E-state index >= 15 is 0 Å². The second-order valence-corrected chi connectivity index (χ2v) is 6.15. The Morgan fingerprint density at radius 3 is 2.71 bits per heavy atom. The number of aromatic nitrogens is 3. The molecule has 11 heteroatoms. The van der Waals surface area contributed by atoms with Gasteiger partial charge in [-0.1, -0.05) is 3.89 Å². The number of hydrogen-bond acceptors (Lipinski definition) is 6. The van der Waals surface area contributed by atoms with Gasteiger partial charge in [0.25, 0.3) is 0 Å². The number of likely N-dealkylation sites (tertiary alicyclic amines) is 1. The van der Waals surface area contributed by atoms with E-state index in [1.54, 1.807) is 15.9 Å². The van der Waals surface area contributed by atoms with Crippen LogP contribution >= 0.6 is 0 Å². The zero-order valence-electron chi connectivity index (χ0n) is 12.4. The van der Waals surface area contributed by atoms with E-state index in [0.29, 0.717) is 18.8 Å². The molecule has 2 aromatic rings. The highest BCUT2D eigenvalue weighted by Crippen LogP contribution is 2.22. The predicted molar refractivity (Wildman–Crippen MR) is 81.4 cm³/mol. The molecule has 1 saturated heterocycles. The molecule has 1 fully saturated rings. The number of rotatable bonds is 4. The van der Waals surface area contributed by atoms with Gasteiger partial charge in [-0.2, -0.15) is 13.5 Å². The van der Waals surface area contributed by atoms with E-state index in [-0.39, 0.29) is 17.8 Å². The lowest BCUT2D eigenvalue weighted by Gasteiger charge is -2.17. The van der Waals surface area contributed by atoms with Crippen LogP contribution in [0, 0.1) is 0 Å². The minimum absolute atomic E-state index is 0.0868. The minimum Gasteiger partial charge on any atom is -0.358 e. The maximum atomic E-state index is 12.4. The summed E-state index contributed by atoms with van der Waals surface area (Å²) in [5, 5.41) is 6.75. The van der Waals surface area contributed by atoms with Crippen molar-refractivity contribution in [2.75, 3.05) is 18.4 Å². The van der Waals surface area contributed by atoms with Crippen molar-refractivity contribution in [3.8, 4) is 5.75 Å². The van der Waals surface area contributed by atoms with Gasteiger partial charge in [0.05, 0.1) is 6.04 Å². The van der Waals surface area contributed by atoms with E-state index in [1.165, 1.54) is 30.6 Å². The maximum absolute atomic E-state index is 12.4. The highest BCUT2D eigenvalue weighted by Gasteiger charge is 2.27. The molecule has 1 aromatic heterocycles. The fraction of sp³-hybridized carbons (Fsp3) is 0.308. The molecule has 1 aromatic carbocycles. The standard InChI is InChI=1S/C13H14FN5O4S/c14-24(21,22)23-12-3-1-10(2-4-12)17-13(20)18-6-5-11(7-18)19-9-15-8-16-19/h1-4,8-9,11H,5-7H2,(H,17,20). The van der Waals surface area contributed by atoms with Crippen molar-refractivity contribution in [3.63, 3.8) is 0 Å². The molecule has 1 N–H and O–H groups in total. The summed E-state index contributed by atoms with van der Waals surface area (Å²) in [5.74, 6) is -0.178. The summed E-state index contributed by atoms with van der Waals surface area (Å²) in [7, 11) is -5.06. The van der Waals surface area contributed by atoms with Gasteiger partial charge in [-0.15, -0.1) is 0 Å². The Morgan fingerprint density at radius 1 is 1.33 bits per heavy atom. The Balaban J connectivity index is 1.57. The third kappa shape index (κ3) is 3.98. The first kappa shape index (κ1) is 16.2. The zero-order valence-corrected chi connectivity index (χ0v) is 13.2. The second kappa shape index (κ2) is 6.43. The molecule has 0 radical (unpaired) electrons. The highest BCUT2D eigenvalue weighted by atomic mass is 32.3. The van der Waals surface area contributed by atoms with Crippen molar-refractivity contribution in [3.05, 3.63) is 36.9 Å². The number of carbonyl (C=O) groups excluding carboxylic acids is 1. The summed E-state index contributed by atoms with van der Waals surface area (Å²) >= 11 is 0. The fourth-order valence-corrected chi connectivity index (χ4v) is 2.80. The molecule has 1 aliphatic rings. The number of benzene rings is 1. The topological polar surface area (TPSA) is 106 Å². The highest BCUT2D eigenvalue weighted by molar-refractivity contribution is 7.81. The molecule has 1 unspecified atom stereocenters. The number of carbonyl (C=O) groups is 1. The van der Waals surface area contributed by atoms with Gasteiger partial charge >= 0.3 is 16.5 Å². The quantitative estimate of drug-likeness (QED) is 0.830. The van der Waals surface area contributed by atoms with Gasteiger partial charge in [-0.3, -0.25) is 0 Å². The first-order valence-corrected chi connectivity index (χ1v) is 8.36. The van der Waals surface area contributed by atoms with Crippen molar-refractivity contribution in [1.29, 1.82) is 0 Å². The van der Waals surface area contributed by atoms with E-state index in [4.69, 9.17) is 0 Å². The third-order valence-electron chi connectivity index (χ3n) is 3.56. The van der Waals surface area contributed by atoms with Crippen molar-refractivity contribution < 1.29 is 21.3 Å². The first-order chi connectivity index (χ1) is 11.4. The largest absolute Gasteiger partial charge is 0.488 e. The van der Waals surface area contributed by atoms with E-state index in [2.05, 4.69) is 19.6 Å². The van der Waals surface area contributed by atoms with Crippen LogP contribution in [-0.4, -0.2) is 47.2 Å². The van der Waals surface area contributed by atoms with Crippen LogP contribution in [0.2, 0.25) is 0 Å². The van der Waals surface area contributed by atoms with Crippen LogP contribution in [0.5, 0.6) is 5.75 Å². The lowest BCUT2D eigenvalue weighted by atomic mass is 10.3. The molecule has 3 rings (SSSR count). The van der Waals surface area contributed by atoms with Crippen LogP contribution in [0.1, 0.15) is 12.5 Å². The molecular weight excluding hydrogens is 341 g/mol. The number of anilines is 1. The first-order valence-electron chi connectivity index (χ1n) is 7.05. The molecule has 2 amide bonds. The average molecular weight is 355 g/mol. The van der Waals surface area contributed by atoms with Gasteiger partial charge in [0.1, 0.15) is 18.4 Å². The Bertz CT molecular complexity index is 809. The zero-order chi connectivity index (χ0) is 17.2. The summed E-state index contributed by atoms with van der Waals surface area (Å²) in [5.41, 5.74) is 0.438. The van der Waals surface area contributed by atoms with Crippen LogP contribution in [0.15, 0.2) is 36.9 Å². The molecule has 0 aliphatic carbocycles. The normalized spacial score (nSPS) is 17.7. The Hall–Kier alpha value is -2.69. The number of amides is 2. The van der Waals surface area contributed by atoms with Crippen LogP contribution in [0.25, 0.3) is 0 Å². The van der Waals surface area contributed by atoms with Gasteiger partial charge in [-0.25, -0.2) is 14.5 Å². The number of halogens is 1. The van der Waals surface area contributed by atoms with Gasteiger partial charge in [0.2, 0.25) is 0 Å². The molecule has 1 aliphatic heterocycles. The molecule has 2 heterocycles. The lowest BCUT2D eigenvalue weighted by Crippen LogP contribution is -2.33. The minimum atomic E-state index is -5.06. The Labute approximate surface area is 137 Å². The summed E-state index contributed by atoms with van der Waals surface area (Å²) in [6, 6.07) is 5.13. The Morgan fingerprint density at radius 2 is 2.08 bits per heavy atom. The molecular formula is C13H14FN5O4S. The van der Waals surface area contributed by atoms with Crippen molar-refractivity contribution in [2.24, 2.45) is 0 Å². The van der Waals surface area contributed by atoms with E-state index in [1.807, 2.05) is 0 Å². The fourth-order valence-electron chi connectivity index (χ4n) is 2.46. The smallest absolute Gasteiger partial charge is 0.358 e. The third-order valence-corrected chi connectivity index (χ3v) is 3.95. The van der Waals surface area contributed by atoms with Crippen molar-refractivity contribution >= 4 is 22.2 Å². The molecule has 9 nitrogen and oxygen atoms in total.